The SMILES string of the molecule is CCOc1ccccc1C1SCCC(=O)N1Cc1cccnc1. The molecule has 5 heteroatoms. The number of pyridine rings is 1. The van der Waals surface area contributed by atoms with Gasteiger partial charge in [0.15, 0.2) is 0 Å². The smallest absolute Gasteiger partial charge is 0.224 e. The van der Waals surface area contributed by atoms with Crippen molar-refractivity contribution in [3.63, 3.8) is 0 Å². The molecule has 1 atom stereocenters. The monoisotopic (exact) mass is 328 g/mol. The number of rotatable bonds is 5. The molecule has 4 nitrogen and oxygen atoms in total. The number of ether oxygens (including phenoxy) is 1. The van der Waals surface area contributed by atoms with E-state index < -0.39 is 0 Å². The van der Waals surface area contributed by atoms with Crippen LogP contribution in [0, 0.1) is 0 Å². The van der Waals surface area contributed by atoms with E-state index in [1.165, 1.54) is 0 Å². The van der Waals surface area contributed by atoms with Crippen molar-refractivity contribution < 1.29 is 9.53 Å². The van der Waals surface area contributed by atoms with Crippen molar-refractivity contribution in [2.75, 3.05) is 12.4 Å². The lowest BCUT2D eigenvalue weighted by molar-refractivity contribution is -0.132. The molecule has 3 rings (SSSR count). The highest BCUT2D eigenvalue weighted by Crippen LogP contribution is 2.41. The van der Waals surface area contributed by atoms with Crippen LogP contribution in [0.1, 0.15) is 29.8 Å². The molecular formula is C18H20N2O2S. The van der Waals surface area contributed by atoms with Crippen LogP contribution in [-0.4, -0.2) is 28.2 Å². The zero-order chi connectivity index (χ0) is 16.1. The lowest BCUT2D eigenvalue weighted by Crippen LogP contribution is -2.36. The van der Waals surface area contributed by atoms with Crippen LogP contribution in [0.5, 0.6) is 5.75 Å². The predicted octanol–water partition coefficient (Wildman–Crippen LogP) is 3.64. The van der Waals surface area contributed by atoms with Crippen LogP contribution in [-0.2, 0) is 11.3 Å². The molecule has 0 saturated carbocycles. The van der Waals surface area contributed by atoms with E-state index in [9.17, 15) is 4.79 Å². The van der Waals surface area contributed by atoms with E-state index in [1.807, 2.05) is 48.4 Å². The van der Waals surface area contributed by atoms with Crippen LogP contribution in [0.25, 0.3) is 0 Å². The molecule has 2 aromatic rings. The van der Waals surface area contributed by atoms with Gasteiger partial charge in [-0.3, -0.25) is 9.78 Å². The normalized spacial score (nSPS) is 18.0. The second-order valence-electron chi connectivity index (χ2n) is 5.33. The highest BCUT2D eigenvalue weighted by atomic mass is 32.2. The zero-order valence-electron chi connectivity index (χ0n) is 13.1. The Hall–Kier alpha value is -2.01. The Morgan fingerprint density at radius 2 is 2.17 bits per heavy atom. The Morgan fingerprint density at radius 3 is 2.96 bits per heavy atom. The minimum atomic E-state index is -0.0146. The topological polar surface area (TPSA) is 42.4 Å². The zero-order valence-corrected chi connectivity index (χ0v) is 14.0. The molecule has 120 valence electrons. The van der Waals surface area contributed by atoms with E-state index in [1.54, 1.807) is 18.0 Å². The fourth-order valence-corrected chi connectivity index (χ4v) is 3.97. The Bertz CT molecular complexity index is 663. The van der Waals surface area contributed by atoms with Gasteiger partial charge in [0.1, 0.15) is 11.1 Å². The number of amides is 1. The van der Waals surface area contributed by atoms with Crippen LogP contribution in [0.15, 0.2) is 48.8 Å². The largest absolute Gasteiger partial charge is 0.493 e. The first kappa shape index (κ1) is 15.9. The molecule has 1 aromatic carbocycles. The average molecular weight is 328 g/mol. The van der Waals surface area contributed by atoms with Crippen LogP contribution in [0.4, 0.5) is 0 Å². The van der Waals surface area contributed by atoms with Crippen molar-refractivity contribution in [2.45, 2.75) is 25.3 Å². The van der Waals surface area contributed by atoms with Gasteiger partial charge < -0.3 is 9.64 Å². The molecule has 1 aliphatic rings. The van der Waals surface area contributed by atoms with Gasteiger partial charge >= 0.3 is 0 Å². The van der Waals surface area contributed by atoms with E-state index in [0.29, 0.717) is 19.6 Å². The second-order valence-corrected chi connectivity index (χ2v) is 6.52. The quantitative estimate of drug-likeness (QED) is 0.840. The Labute approximate surface area is 140 Å². The lowest BCUT2D eigenvalue weighted by atomic mass is 10.1. The molecule has 2 heterocycles. The summed E-state index contributed by atoms with van der Waals surface area (Å²) in [5.74, 6) is 1.88. The first-order valence-corrected chi connectivity index (χ1v) is 8.86. The summed E-state index contributed by atoms with van der Waals surface area (Å²) in [5.41, 5.74) is 2.11. The van der Waals surface area contributed by atoms with E-state index in [0.717, 1.165) is 22.6 Å². The average Bonchev–Trinajstić information content (AvgIpc) is 2.59. The molecule has 1 saturated heterocycles. The summed E-state index contributed by atoms with van der Waals surface area (Å²) in [7, 11) is 0. The van der Waals surface area contributed by atoms with Crippen molar-refractivity contribution in [1.29, 1.82) is 0 Å². The summed E-state index contributed by atoms with van der Waals surface area (Å²) >= 11 is 1.79. The van der Waals surface area contributed by atoms with E-state index in [-0.39, 0.29) is 11.3 Å². The highest BCUT2D eigenvalue weighted by molar-refractivity contribution is 7.99. The number of para-hydroxylation sites is 1. The van der Waals surface area contributed by atoms with Crippen molar-refractivity contribution in [2.24, 2.45) is 0 Å². The molecule has 23 heavy (non-hydrogen) atoms. The Kier molecular flexibility index (Phi) is 5.18. The summed E-state index contributed by atoms with van der Waals surface area (Å²) in [4.78, 5) is 18.6. The first-order chi connectivity index (χ1) is 11.3. The maximum atomic E-state index is 12.5. The van der Waals surface area contributed by atoms with Crippen LogP contribution >= 0.6 is 11.8 Å². The number of hydrogen-bond donors (Lipinski definition) is 0. The Balaban J connectivity index is 1.90. The maximum Gasteiger partial charge on any atom is 0.224 e. The molecular weight excluding hydrogens is 308 g/mol. The fraction of sp³-hybridized carbons (Fsp3) is 0.333. The van der Waals surface area contributed by atoms with Crippen molar-refractivity contribution in [3.8, 4) is 5.75 Å². The minimum Gasteiger partial charge on any atom is -0.493 e. The third kappa shape index (κ3) is 3.67. The summed E-state index contributed by atoms with van der Waals surface area (Å²) < 4.78 is 5.76. The molecule has 1 fully saturated rings. The van der Waals surface area contributed by atoms with Gasteiger partial charge in [-0.1, -0.05) is 24.3 Å². The minimum absolute atomic E-state index is 0.0146. The molecule has 1 aliphatic heterocycles. The second kappa shape index (κ2) is 7.51. The molecule has 0 radical (unpaired) electrons. The third-order valence-electron chi connectivity index (χ3n) is 3.76. The van der Waals surface area contributed by atoms with Gasteiger partial charge in [-0.2, -0.15) is 0 Å². The standard InChI is InChI=1S/C18H20N2O2S/c1-2-22-16-8-4-3-7-15(16)18-20(17(21)9-11-23-18)13-14-6-5-10-19-12-14/h3-8,10,12,18H,2,9,11,13H2,1H3. The lowest BCUT2D eigenvalue weighted by Gasteiger charge is -2.36. The molecule has 0 aliphatic carbocycles. The van der Waals surface area contributed by atoms with Gasteiger partial charge in [0.05, 0.1) is 6.61 Å². The molecule has 1 amide bonds. The molecule has 0 N–H and O–H groups in total. The first-order valence-electron chi connectivity index (χ1n) is 7.81. The summed E-state index contributed by atoms with van der Waals surface area (Å²) in [6.07, 6.45) is 4.15. The van der Waals surface area contributed by atoms with E-state index in [2.05, 4.69) is 11.1 Å². The van der Waals surface area contributed by atoms with E-state index in [4.69, 9.17) is 4.74 Å². The molecule has 0 spiro atoms. The summed E-state index contributed by atoms with van der Waals surface area (Å²) in [5, 5.41) is -0.0146. The summed E-state index contributed by atoms with van der Waals surface area (Å²) in [6.45, 7) is 3.17. The van der Waals surface area contributed by atoms with Crippen molar-refractivity contribution in [1.82, 2.24) is 9.88 Å². The highest BCUT2D eigenvalue weighted by Gasteiger charge is 2.31. The van der Waals surface area contributed by atoms with Crippen molar-refractivity contribution in [3.05, 3.63) is 59.9 Å². The van der Waals surface area contributed by atoms with Crippen LogP contribution in [0.3, 0.4) is 0 Å². The number of nitrogens with zero attached hydrogens (tertiary/aromatic N) is 2. The van der Waals surface area contributed by atoms with Gasteiger partial charge in [0.25, 0.3) is 0 Å². The van der Waals surface area contributed by atoms with Gasteiger partial charge in [-0.15, -0.1) is 11.8 Å². The number of benzene rings is 1. The van der Waals surface area contributed by atoms with Gasteiger partial charge in [-0.25, -0.2) is 0 Å². The number of carbonyl (C=O) groups is 1. The molecule has 1 aromatic heterocycles. The maximum absolute atomic E-state index is 12.5. The molecule has 1 unspecified atom stereocenters. The summed E-state index contributed by atoms with van der Waals surface area (Å²) in [6, 6.07) is 11.9. The van der Waals surface area contributed by atoms with Crippen molar-refractivity contribution >= 4 is 17.7 Å². The van der Waals surface area contributed by atoms with Gasteiger partial charge in [0, 0.05) is 36.7 Å². The fourth-order valence-electron chi connectivity index (χ4n) is 2.71. The number of aromatic nitrogens is 1. The predicted molar refractivity (Wildman–Crippen MR) is 92.2 cm³/mol. The number of carbonyl (C=O) groups excluding carboxylic acids is 1. The number of hydrogen-bond acceptors (Lipinski definition) is 4. The number of thioether (sulfide) groups is 1. The van der Waals surface area contributed by atoms with Crippen LogP contribution in [0.2, 0.25) is 0 Å². The van der Waals surface area contributed by atoms with Gasteiger partial charge in [-0.05, 0) is 24.6 Å². The molecule has 0 bridgehead atoms. The van der Waals surface area contributed by atoms with Crippen LogP contribution < -0.4 is 4.74 Å². The third-order valence-corrected chi connectivity index (χ3v) is 5.02. The Morgan fingerprint density at radius 1 is 1.30 bits per heavy atom. The van der Waals surface area contributed by atoms with E-state index >= 15 is 0 Å². The van der Waals surface area contributed by atoms with Gasteiger partial charge in [0.2, 0.25) is 5.91 Å².